The van der Waals surface area contributed by atoms with E-state index >= 15 is 0 Å². The van der Waals surface area contributed by atoms with Crippen molar-refractivity contribution < 1.29 is 52.8 Å². The van der Waals surface area contributed by atoms with Gasteiger partial charge in [-0.05, 0) is 79.4 Å². The number of carbonyl (C=O) groups excluding carboxylic acids is 2. The van der Waals surface area contributed by atoms with Crippen LogP contribution in [-0.4, -0.2) is 122 Å². The first-order chi connectivity index (χ1) is 30.7. The van der Waals surface area contributed by atoms with Gasteiger partial charge in [-0.3, -0.25) is 23.5 Å². The van der Waals surface area contributed by atoms with Crippen LogP contribution < -0.4 is 31.9 Å². The Morgan fingerprint density at radius 3 is 1.95 bits per heavy atom. The second kappa shape index (κ2) is 22.4. The second-order valence-electron chi connectivity index (χ2n) is 19.8. The van der Waals surface area contributed by atoms with Crippen molar-refractivity contribution >= 4 is 34.6 Å². The molecule has 2 heterocycles. The molecule has 3 aromatic rings. The monoisotopic (exact) mass is 957 g/mol. The van der Waals surface area contributed by atoms with Gasteiger partial charge >= 0.3 is 17.8 Å². The molecule has 0 aliphatic carbocycles. The fourth-order valence-corrected chi connectivity index (χ4v) is 9.34. The van der Waals surface area contributed by atoms with Gasteiger partial charge in [-0.15, -0.1) is 0 Å². The molecule has 0 radical (unpaired) electrons. The smallest absolute Gasteiger partial charge is 0.408 e. The SMILES string of the molecule is COc1ccc(Cn2c(=O)ccn([C@@H]3O[C@H](C(O)[C@H](NCCCNC(=O)[C@@H](NC(=O)OCc4ccccc4)C(C)O)C(=O)O)[C@@H](O[Si](C)(C)C(C)(C)C)[C@H]3O[Si](C)(C)C(C)(C)C)c2=O)cc1. The van der Waals surface area contributed by atoms with Crippen molar-refractivity contribution in [1.29, 1.82) is 0 Å². The Hall–Kier alpha value is -4.68. The molecule has 1 saturated heterocycles. The summed E-state index contributed by atoms with van der Waals surface area (Å²) in [7, 11) is -3.98. The van der Waals surface area contributed by atoms with E-state index in [9.17, 15) is 39.3 Å². The van der Waals surface area contributed by atoms with Gasteiger partial charge in [-0.1, -0.05) is 84.0 Å². The van der Waals surface area contributed by atoms with Crippen LogP contribution in [0.15, 0.2) is 76.4 Å². The zero-order chi connectivity index (χ0) is 49.4. The summed E-state index contributed by atoms with van der Waals surface area (Å²) in [5, 5.41) is 40.3. The molecular weight excluding hydrogens is 887 g/mol. The number of carboxylic acids is 1. The van der Waals surface area contributed by atoms with Gasteiger partial charge in [0.2, 0.25) is 5.91 Å². The average molecular weight is 958 g/mol. The number of rotatable bonds is 21. The number of carbonyl (C=O) groups is 3. The van der Waals surface area contributed by atoms with Crippen molar-refractivity contribution in [3.05, 3.63) is 98.8 Å². The molecule has 4 rings (SSSR count). The number of amides is 2. The Balaban J connectivity index is 1.61. The highest BCUT2D eigenvalue weighted by Gasteiger charge is 2.57. The number of aliphatic hydroxyl groups is 2. The molecule has 6 N–H and O–H groups in total. The average Bonchev–Trinajstić information content (AvgIpc) is 3.56. The maximum absolute atomic E-state index is 14.5. The summed E-state index contributed by atoms with van der Waals surface area (Å²) in [5.74, 6) is -1.48. The minimum absolute atomic E-state index is 0.00885. The molecule has 20 heteroatoms. The number of aliphatic hydroxyl groups excluding tert-OH is 2. The van der Waals surface area contributed by atoms with E-state index in [0.29, 0.717) is 11.3 Å². The van der Waals surface area contributed by atoms with E-state index in [-0.39, 0.29) is 42.7 Å². The minimum Gasteiger partial charge on any atom is -0.497 e. The molecule has 66 heavy (non-hydrogen) atoms. The Kier molecular flexibility index (Phi) is 18.3. The van der Waals surface area contributed by atoms with Crippen LogP contribution in [0.1, 0.15) is 72.2 Å². The van der Waals surface area contributed by atoms with Crippen LogP contribution in [0.2, 0.25) is 36.3 Å². The zero-order valence-electron chi connectivity index (χ0n) is 40.3. The largest absolute Gasteiger partial charge is 0.497 e. The summed E-state index contributed by atoms with van der Waals surface area (Å²) >= 11 is 0. The topological polar surface area (TPSA) is 238 Å². The number of nitrogens with zero attached hydrogens (tertiary/aromatic N) is 2. The van der Waals surface area contributed by atoms with Crippen LogP contribution in [0.4, 0.5) is 4.79 Å². The summed E-state index contributed by atoms with van der Waals surface area (Å²) < 4.78 is 33.6. The number of benzene rings is 2. The van der Waals surface area contributed by atoms with Gasteiger partial charge in [0.15, 0.2) is 22.9 Å². The van der Waals surface area contributed by atoms with Gasteiger partial charge in [0.1, 0.15) is 48.9 Å². The number of hydrogen-bond donors (Lipinski definition) is 6. The lowest BCUT2D eigenvalue weighted by atomic mass is 9.99. The maximum Gasteiger partial charge on any atom is 0.408 e. The molecule has 0 saturated carbocycles. The highest BCUT2D eigenvalue weighted by molar-refractivity contribution is 6.74. The van der Waals surface area contributed by atoms with Crippen molar-refractivity contribution in [1.82, 2.24) is 25.1 Å². The molecule has 366 valence electrons. The Labute approximate surface area is 389 Å². The number of aromatic nitrogens is 2. The molecule has 2 unspecified atom stereocenters. The van der Waals surface area contributed by atoms with Gasteiger partial charge in [-0.25, -0.2) is 9.59 Å². The first-order valence-electron chi connectivity index (χ1n) is 22.2. The highest BCUT2D eigenvalue weighted by atomic mass is 28.4. The number of alkyl carbamates (subject to hydrolysis) is 1. The van der Waals surface area contributed by atoms with E-state index in [2.05, 4.69) is 36.7 Å². The third-order valence-corrected chi connectivity index (χ3v) is 21.7. The van der Waals surface area contributed by atoms with Gasteiger partial charge in [-0.2, -0.15) is 0 Å². The van der Waals surface area contributed by atoms with E-state index in [1.54, 1.807) is 48.5 Å². The summed E-state index contributed by atoms with van der Waals surface area (Å²) in [6.45, 7) is 21.6. The van der Waals surface area contributed by atoms with E-state index in [0.717, 1.165) is 10.1 Å². The normalized spacial score (nSPS) is 19.9. The predicted octanol–water partition coefficient (Wildman–Crippen LogP) is 4.33. The molecule has 18 nitrogen and oxygen atoms in total. The molecule has 2 amide bonds. The first kappa shape index (κ1) is 53.9. The summed E-state index contributed by atoms with van der Waals surface area (Å²) in [5.41, 5.74) is 0.138. The van der Waals surface area contributed by atoms with E-state index in [4.69, 9.17) is 23.1 Å². The van der Waals surface area contributed by atoms with Crippen molar-refractivity contribution in [2.24, 2.45) is 0 Å². The van der Waals surface area contributed by atoms with Gasteiger partial charge in [0.25, 0.3) is 5.56 Å². The lowest BCUT2D eigenvalue weighted by Gasteiger charge is -2.44. The number of aliphatic carboxylic acids is 1. The lowest BCUT2D eigenvalue weighted by molar-refractivity contribution is -0.149. The lowest BCUT2D eigenvalue weighted by Crippen LogP contribution is -2.59. The van der Waals surface area contributed by atoms with E-state index < -0.39 is 94.7 Å². The molecule has 0 spiro atoms. The first-order valence-corrected chi connectivity index (χ1v) is 28.0. The third-order valence-electron chi connectivity index (χ3n) is 12.8. The number of ether oxygens (including phenoxy) is 3. The standard InChI is InChI=1S/C46H71N5O13Si2/c1-29(52)34(49-43(58)61-28-31-17-14-13-15-18-31)40(55)48-25-16-24-47-35(42(56)57)36(54)37-38(63-65(9,10)45(2,3)4)39(64-66(11,12)46(5,6)7)41(62-37)50-26-23-33(53)51(44(50)59)27-30-19-21-32(60-8)22-20-30/h13-15,17-23,26,29,34-39,41,47,52,54H,16,24-25,27-28H2,1-12H3,(H,48,55)(H,49,58)(H,56,57)/t29?,34-,35-,36?,37+,38+,39+,41+/m0/s1. The van der Waals surface area contributed by atoms with Crippen molar-refractivity contribution in [3.63, 3.8) is 0 Å². The number of methoxy groups -OCH3 is 1. The van der Waals surface area contributed by atoms with Crippen LogP contribution in [0.3, 0.4) is 0 Å². The van der Waals surface area contributed by atoms with Crippen LogP contribution in [0, 0.1) is 0 Å². The zero-order valence-corrected chi connectivity index (χ0v) is 42.3. The van der Waals surface area contributed by atoms with Gasteiger partial charge in [0.05, 0.1) is 19.8 Å². The molecule has 1 aromatic heterocycles. The van der Waals surface area contributed by atoms with Crippen molar-refractivity contribution in [3.8, 4) is 5.75 Å². The number of hydrogen-bond acceptors (Lipinski definition) is 13. The molecule has 2 aromatic carbocycles. The van der Waals surface area contributed by atoms with E-state index in [1.165, 1.54) is 30.9 Å². The Bertz CT molecular complexity index is 2200. The molecular formula is C46H71N5O13Si2. The fraction of sp³-hybridized carbons (Fsp3) is 0.587. The highest BCUT2D eigenvalue weighted by Crippen LogP contribution is 2.46. The molecule has 1 aliphatic heterocycles. The third kappa shape index (κ3) is 13.7. The maximum atomic E-state index is 14.5. The van der Waals surface area contributed by atoms with Crippen LogP contribution in [-0.2, 0) is 41.1 Å². The van der Waals surface area contributed by atoms with E-state index in [1.807, 2.05) is 53.0 Å². The van der Waals surface area contributed by atoms with Gasteiger partial charge < -0.3 is 54.3 Å². The van der Waals surface area contributed by atoms with Crippen LogP contribution in [0.5, 0.6) is 5.75 Å². The van der Waals surface area contributed by atoms with Gasteiger partial charge in [0, 0.05) is 18.8 Å². The van der Waals surface area contributed by atoms with Crippen LogP contribution in [0.25, 0.3) is 0 Å². The molecule has 0 bridgehead atoms. The van der Waals surface area contributed by atoms with Crippen molar-refractivity contribution in [2.75, 3.05) is 20.2 Å². The minimum atomic E-state index is -2.77. The number of nitrogens with one attached hydrogen (secondary N) is 3. The quantitative estimate of drug-likeness (QED) is 0.0644. The second-order valence-corrected chi connectivity index (χ2v) is 29.3. The molecule has 1 aliphatic rings. The summed E-state index contributed by atoms with van der Waals surface area (Å²) in [4.78, 5) is 66.3. The Morgan fingerprint density at radius 2 is 1.41 bits per heavy atom. The summed E-state index contributed by atoms with van der Waals surface area (Å²) in [6.07, 6.45) is -7.19. The predicted molar refractivity (Wildman–Crippen MR) is 253 cm³/mol. The fourth-order valence-electron chi connectivity index (χ4n) is 6.75. The van der Waals surface area contributed by atoms with Crippen molar-refractivity contribution in [2.45, 2.75) is 153 Å². The Morgan fingerprint density at radius 1 is 0.818 bits per heavy atom. The van der Waals surface area contributed by atoms with Crippen LogP contribution >= 0.6 is 0 Å². The molecule has 8 atom stereocenters. The molecule has 1 fully saturated rings. The number of carboxylic acid groups (broad SMARTS) is 1. The summed E-state index contributed by atoms with van der Waals surface area (Å²) in [6, 6.07) is 14.2.